The van der Waals surface area contributed by atoms with Gasteiger partial charge in [-0.2, -0.15) is 0 Å². The minimum absolute atomic E-state index is 0.198. The highest BCUT2D eigenvalue weighted by atomic mass is 35.5. The van der Waals surface area contributed by atoms with Crippen molar-refractivity contribution in [3.05, 3.63) is 76.3 Å². The molecule has 1 heterocycles. The van der Waals surface area contributed by atoms with Crippen LogP contribution in [0.2, 0.25) is 5.02 Å². The van der Waals surface area contributed by atoms with E-state index in [1.54, 1.807) is 19.1 Å². The molecule has 0 radical (unpaired) electrons. The second-order valence-corrected chi connectivity index (χ2v) is 6.12. The molecule has 0 saturated carbocycles. The van der Waals surface area contributed by atoms with E-state index in [2.05, 4.69) is 20.6 Å². The molecular formula is C19H16ClFN4O. The quantitative estimate of drug-likeness (QED) is 0.686. The van der Waals surface area contributed by atoms with Crippen LogP contribution in [0.1, 0.15) is 21.7 Å². The van der Waals surface area contributed by atoms with Gasteiger partial charge in [-0.3, -0.25) is 4.79 Å². The van der Waals surface area contributed by atoms with E-state index in [-0.39, 0.29) is 11.5 Å². The largest absolute Gasteiger partial charge is 0.324 e. The molecule has 132 valence electrons. The number of anilines is 3. The molecule has 0 aliphatic heterocycles. The summed E-state index contributed by atoms with van der Waals surface area (Å²) in [6, 6.07) is 12.5. The molecule has 7 heteroatoms. The lowest BCUT2D eigenvalue weighted by Crippen LogP contribution is -2.15. The molecule has 1 amide bonds. The van der Waals surface area contributed by atoms with Crippen molar-refractivity contribution >= 4 is 34.8 Å². The number of nitrogens with zero attached hydrogens (tertiary/aromatic N) is 2. The third kappa shape index (κ3) is 4.15. The number of benzene rings is 2. The Morgan fingerprint density at radius 3 is 2.54 bits per heavy atom. The van der Waals surface area contributed by atoms with Crippen molar-refractivity contribution in [2.24, 2.45) is 0 Å². The molecule has 0 aliphatic carbocycles. The summed E-state index contributed by atoms with van der Waals surface area (Å²) in [6.45, 7) is 3.65. The van der Waals surface area contributed by atoms with E-state index in [1.165, 1.54) is 24.3 Å². The van der Waals surface area contributed by atoms with Gasteiger partial charge in [-0.1, -0.05) is 17.7 Å². The maximum Gasteiger partial charge on any atom is 0.274 e. The first-order valence-corrected chi connectivity index (χ1v) is 8.25. The van der Waals surface area contributed by atoms with Gasteiger partial charge in [0.2, 0.25) is 5.95 Å². The summed E-state index contributed by atoms with van der Waals surface area (Å²) in [6.07, 6.45) is 0. The average molecular weight is 371 g/mol. The third-order valence-corrected chi connectivity index (χ3v) is 4.11. The van der Waals surface area contributed by atoms with Gasteiger partial charge < -0.3 is 10.6 Å². The molecule has 0 atom stereocenters. The van der Waals surface area contributed by atoms with Crippen LogP contribution >= 0.6 is 11.6 Å². The number of hydrogen-bond acceptors (Lipinski definition) is 4. The number of rotatable bonds is 4. The fourth-order valence-corrected chi connectivity index (χ4v) is 2.51. The highest BCUT2D eigenvalue weighted by Gasteiger charge is 2.12. The minimum atomic E-state index is -0.409. The number of nitrogens with one attached hydrogen (secondary N) is 2. The molecule has 26 heavy (non-hydrogen) atoms. The summed E-state index contributed by atoms with van der Waals surface area (Å²) in [5.41, 5.74) is 2.92. The van der Waals surface area contributed by atoms with Crippen LogP contribution in [0.5, 0.6) is 0 Å². The van der Waals surface area contributed by atoms with E-state index in [0.29, 0.717) is 22.4 Å². The Balaban J connectivity index is 1.84. The molecule has 3 rings (SSSR count). The molecule has 0 bridgehead atoms. The Morgan fingerprint density at radius 1 is 1.08 bits per heavy atom. The van der Waals surface area contributed by atoms with Gasteiger partial charge in [0, 0.05) is 22.1 Å². The van der Waals surface area contributed by atoms with E-state index < -0.39 is 5.91 Å². The minimum Gasteiger partial charge on any atom is -0.324 e. The molecular weight excluding hydrogens is 355 g/mol. The number of carbonyl (C=O) groups excluding carboxylic acids is 1. The fraction of sp³-hybridized carbons (Fsp3) is 0.105. The van der Waals surface area contributed by atoms with Gasteiger partial charge in [-0.05, 0) is 61.9 Å². The molecule has 0 saturated heterocycles. The maximum atomic E-state index is 13.0. The summed E-state index contributed by atoms with van der Waals surface area (Å²) in [5.74, 6) is -0.489. The van der Waals surface area contributed by atoms with Crippen LogP contribution in [0, 0.1) is 19.7 Å². The second kappa shape index (κ2) is 7.49. The first kappa shape index (κ1) is 17.8. The summed E-state index contributed by atoms with van der Waals surface area (Å²) in [5, 5.41) is 6.39. The van der Waals surface area contributed by atoms with Crippen molar-refractivity contribution in [3.63, 3.8) is 0 Å². The van der Waals surface area contributed by atoms with Gasteiger partial charge in [0.25, 0.3) is 5.91 Å². The zero-order valence-corrected chi connectivity index (χ0v) is 14.9. The van der Waals surface area contributed by atoms with Gasteiger partial charge in [0.15, 0.2) is 0 Å². The van der Waals surface area contributed by atoms with Crippen molar-refractivity contribution in [1.29, 1.82) is 0 Å². The van der Waals surface area contributed by atoms with Crippen LogP contribution in [-0.2, 0) is 0 Å². The normalized spacial score (nSPS) is 10.5. The molecule has 3 aromatic rings. The zero-order valence-electron chi connectivity index (χ0n) is 14.2. The molecule has 0 spiro atoms. The number of halogens is 2. The lowest BCUT2D eigenvalue weighted by molar-refractivity contribution is 0.102. The highest BCUT2D eigenvalue weighted by Crippen LogP contribution is 2.25. The van der Waals surface area contributed by atoms with Gasteiger partial charge in [0.1, 0.15) is 11.5 Å². The topological polar surface area (TPSA) is 66.9 Å². The monoisotopic (exact) mass is 370 g/mol. The Morgan fingerprint density at radius 2 is 1.81 bits per heavy atom. The fourth-order valence-electron chi connectivity index (χ4n) is 2.33. The molecule has 2 aromatic carbocycles. The van der Waals surface area contributed by atoms with Crippen LogP contribution in [0.25, 0.3) is 0 Å². The van der Waals surface area contributed by atoms with Crippen LogP contribution in [-0.4, -0.2) is 15.9 Å². The predicted molar refractivity (Wildman–Crippen MR) is 101 cm³/mol. The predicted octanol–water partition coefficient (Wildman–Crippen LogP) is 4.88. The summed E-state index contributed by atoms with van der Waals surface area (Å²) >= 11 is 6.12. The molecule has 0 fully saturated rings. The van der Waals surface area contributed by atoms with Crippen molar-refractivity contribution in [2.45, 2.75) is 13.8 Å². The zero-order chi connectivity index (χ0) is 18.7. The van der Waals surface area contributed by atoms with Crippen LogP contribution in [0.15, 0.2) is 48.5 Å². The van der Waals surface area contributed by atoms with E-state index in [0.717, 1.165) is 11.3 Å². The van der Waals surface area contributed by atoms with Crippen molar-refractivity contribution in [1.82, 2.24) is 9.97 Å². The van der Waals surface area contributed by atoms with Crippen LogP contribution < -0.4 is 10.6 Å². The number of aryl methyl sites for hydroxylation is 1. The van der Waals surface area contributed by atoms with E-state index in [1.807, 2.05) is 19.1 Å². The van der Waals surface area contributed by atoms with Gasteiger partial charge >= 0.3 is 0 Å². The first-order valence-electron chi connectivity index (χ1n) is 7.87. The summed E-state index contributed by atoms with van der Waals surface area (Å²) in [7, 11) is 0. The lowest BCUT2D eigenvalue weighted by atomic mass is 10.2. The number of aromatic nitrogens is 2. The van der Waals surface area contributed by atoms with Gasteiger partial charge in [-0.25, -0.2) is 14.4 Å². The standard InChI is InChI=1S/C19H16ClFN4O/c1-11-10-17(18(26)23-14-8-6-13(21)7-9-14)25-19(22-11)24-16-5-3-4-15(20)12(16)2/h3-10H,1-2H3,(H,23,26)(H,22,24,25). The molecule has 5 nitrogen and oxygen atoms in total. The first-order chi connectivity index (χ1) is 12.4. The Kier molecular flexibility index (Phi) is 5.14. The van der Waals surface area contributed by atoms with Crippen molar-refractivity contribution in [3.8, 4) is 0 Å². The third-order valence-electron chi connectivity index (χ3n) is 3.70. The smallest absolute Gasteiger partial charge is 0.274 e. The highest BCUT2D eigenvalue weighted by molar-refractivity contribution is 6.31. The Hall–Kier alpha value is -2.99. The molecule has 1 aromatic heterocycles. The summed E-state index contributed by atoms with van der Waals surface area (Å²) < 4.78 is 13.0. The number of hydrogen-bond donors (Lipinski definition) is 2. The number of amides is 1. The Labute approximate surface area is 155 Å². The molecule has 0 aliphatic rings. The maximum absolute atomic E-state index is 13.0. The SMILES string of the molecule is Cc1cc(C(=O)Nc2ccc(F)cc2)nc(Nc2cccc(Cl)c2C)n1. The van der Waals surface area contributed by atoms with E-state index >= 15 is 0 Å². The molecule has 0 unspecified atom stereocenters. The lowest BCUT2D eigenvalue weighted by Gasteiger charge is -2.11. The van der Waals surface area contributed by atoms with E-state index in [4.69, 9.17) is 11.6 Å². The second-order valence-electron chi connectivity index (χ2n) is 5.72. The average Bonchev–Trinajstić information content (AvgIpc) is 2.60. The number of carbonyl (C=O) groups is 1. The molecule has 2 N–H and O–H groups in total. The van der Waals surface area contributed by atoms with Crippen LogP contribution in [0.3, 0.4) is 0 Å². The van der Waals surface area contributed by atoms with Gasteiger partial charge in [0.05, 0.1) is 0 Å². The van der Waals surface area contributed by atoms with Crippen molar-refractivity contribution < 1.29 is 9.18 Å². The van der Waals surface area contributed by atoms with E-state index in [9.17, 15) is 9.18 Å². The van der Waals surface area contributed by atoms with Crippen molar-refractivity contribution in [2.75, 3.05) is 10.6 Å². The van der Waals surface area contributed by atoms with Gasteiger partial charge in [-0.15, -0.1) is 0 Å². The summed E-state index contributed by atoms with van der Waals surface area (Å²) in [4.78, 5) is 21.0. The Bertz CT molecular complexity index is 960. The van der Waals surface area contributed by atoms with Crippen LogP contribution in [0.4, 0.5) is 21.7 Å².